The van der Waals surface area contributed by atoms with Crippen LogP contribution in [0.2, 0.25) is 0 Å². The molecule has 0 spiro atoms. The quantitative estimate of drug-likeness (QED) is 0.234. The first kappa shape index (κ1) is 25.1. The number of rotatable bonds is 16. The van der Waals surface area contributed by atoms with Crippen molar-refractivity contribution >= 4 is 0 Å². The van der Waals surface area contributed by atoms with Crippen LogP contribution in [0.5, 0.6) is 0 Å². The average Bonchev–Trinajstić information content (AvgIpc) is 2.89. The van der Waals surface area contributed by atoms with Crippen LogP contribution in [-0.4, -0.2) is 60.0 Å². The van der Waals surface area contributed by atoms with E-state index in [1.165, 1.54) is 0 Å². The van der Waals surface area contributed by atoms with Gasteiger partial charge in [0, 0.05) is 7.11 Å². The van der Waals surface area contributed by atoms with E-state index in [1.54, 1.807) is 7.11 Å². The highest BCUT2D eigenvalue weighted by atomic mass is 16.6. The maximum Gasteiger partial charge on any atom is 0.143 e. The van der Waals surface area contributed by atoms with E-state index < -0.39 is 5.60 Å². The summed E-state index contributed by atoms with van der Waals surface area (Å²) in [5.41, 5.74) is 2.53. The molecule has 33 heavy (non-hydrogen) atoms. The summed E-state index contributed by atoms with van der Waals surface area (Å²) < 4.78 is 28.3. The minimum absolute atomic E-state index is 0.443. The Balaban J connectivity index is 1.59. The second-order valence-corrected chi connectivity index (χ2v) is 7.46. The van der Waals surface area contributed by atoms with Crippen LogP contribution in [-0.2, 0) is 29.3 Å². The van der Waals surface area contributed by atoms with E-state index in [2.05, 4.69) is 36.4 Å². The van der Waals surface area contributed by atoms with E-state index in [4.69, 9.17) is 23.7 Å². The van der Waals surface area contributed by atoms with Crippen LogP contribution in [0.15, 0.2) is 91.0 Å². The van der Waals surface area contributed by atoms with Gasteiger partial charge < -0.3 is 23.7 Å². The topological polar surface area (TPSA) is 46.2 Å². The second-order valence-electron chi connectivity index (χ2n) is 7.46. The first-order valence-corrected chi connectivity index (χ1v) is 11.4. The molecular formula is C28H34O5. The van der Waals surface area contributed by atoms with Gasteiger partial charge in [-0.25, -0.2) is 0 Å². The molecule has 3 aromatic carbocycles. The summed E-state index contributed by atoms with van der Waals surface area (Å²) >= 11 is 0. The molecule has 0 radical (unpaired) electrons. The maximum atomic E-state index is 6.67. The Kier molecular flexibility index (Phi) is 11.1. The smallest absolute Gasteiger partial charge is 0.143 e. The predicted molar refractivity (Wildman–Crippen MR) is 129 cm³/mol. The molecule has 0 atom stereocenters. The first-order chi connectivity index (χ1) is 16.4. The normalized spacial score (nSPS) is 11.5. The van der Waals surface area contributed by atoms with Crippen molar-refractivity contribution in [2.75, 3.05) is 60.0 Å². The van der Waals surface area contributed by atoms with Crippen molar-refractivity contribution in [2.24, 2.45) is 0 Å². The number of ether oxygens (including phenoxy) is 5. The van der Waals surface area contributed by atoms with Crippen molar-refractivity contribution in [1.82, 2.24) is 0 Å². The SMILES string of the molecule is COCCOCCOCCOCCOC(c1ccccc1)(c1ccccc1)c1ccccc1. The van der Waals surface area contributed by atoms with E-state index in [0.29, 0.717) is 52.9 Å². The zero-order valence-electron chi connectivity index (χ0n) is 19.4. The van der Waals surface area contributed by atoms with Gasteiger partial charge in [0.1, 0.15) is 5.60 Å². The van der Waals surface area contributed by atoms with E-state index in [9.17, 15) is 0 Å². The first-order valence-electron chi connectivity index (χ1n) is 11.4. The highest BCUT2D eigenvalue weighted by Gasteiger charge is 2.37. The maximum absolute atomic E-state index is 6.67. The average molecular weight is 451 g/mol. The molecule has 0 unspecified atom stereocenters. The molecule has 5 nitrogen and oxygen atoms in total. The Labute approximate surface area is 197 Å². The summed E-state index contributed by atoms with van der Waals surface area (Å²) in [7, 11) is 1.66. The molecule has 0 saturated carbocycles. The monoisotopic (exact) mass is 450 g/mol. The summed E-state index contributed by atoms with van der Waals surface area (Å²) in [6.07, 6.45) is 0. The minimum atomic E-state index is -0.719. The third-order valence-corrected chi connectivity index (χ3v) is 5.26. The molecule has 0 fully saturated rings. The summed E-state index contributed by atoms with van der Waals surface area (Å²) in [4.78, 5) is 0. The molecule has 0 amide bonds. The zero-order chi connectivity index (χ0) is 23.0. The Morgan fingerprint density at radius 1 is 0.455 bits per heavy atom. The molecule has 0 aliphatic carbocycles. The van der Waals surface area contributed by atoms with E-state index in [-0.39, 0.29) is 0 Å². The lowest BCUT2D eigenvalue weighted by Crippen LogP contribution is -2.34. The van der Waals surface area contributed by atoms with Crippen LogP contribution in [0.4, 0.5) is 0 Å². The Bertz CT molecular complexity index is 774. The van der Waals surface area contributed by atoms with Gasteiger partial charge in [-0.2, -0.15) is 0 Å². The van der Waals surface area contributed by atoms with Crippen molar-refractivity contribution in [3.05, 3.63) is 108 Å². The number of hydrogen-bond acceptors (Lipinski definition) is 5. The lowest BCUT2D eigenvalue weighted by Gasteiger charge is -2.36. The van der Waals surface area contributed by atoms with Crippen LogP contribution in [0.1, 0.15) is 16.7 Å². The fraction of sp³-hybridized carbons (Fsp3) is 0.357. The van der Waals surface area contributed by atoms with Gasteiger partial charge in [-0.1, -0.05) is 91.0 Å². The molecule has 0 aliphatic rings. The van der Waals surface area contributed by atoms with Crippen molar-refractivity contribution in [2.45, 2.75) is 5.60 Å². The number of methoxy groups -OCH3 is 1. The van der Waals surface area contributed by atoms with Gasteiger partial charge in [0.25, 0.3) is 0 Å². The van der Waals surface area contributed by atoms with Crippen molar-refractivity contribution in [3.63, 3.8) is 0 Å². The summed E-state index contributed by atoms with van der Waals surface area (Å²) in [6.45, 7) is 4.23. The molecule has 3 aromatic rings. The molecule has 0 bridgehead atoms. The van der Waals surface area contributed by atoms with Crippen LogP contribution in [0, 0.1) is 0 Å². The highest BCUT2D eigenvalue weighted by Crippen LogP contribution is 2.40. The molecule has 0 heterocycles. The van der Waals surface area contributed by atoms with Gasteiger partial charge in [-0.3, -0.25) is 0 Å². The van der Waals surface area contributed by atoms with Gasteiger partial charge in [-0.05, 0) is 16.7 Å². The summed E-state index contributed by atoms with van der Waals surface area (Å²) in [5.74, 6) is 0. The van der Waals surface area contributed by atoms with Crippen LogP contribution in [0.25, 0.3) is 0 Å². The van der Waals surface area contributed by atoms with E-state index in [0.717, 1.165) is 16.7 Å². The minimum Gasteiger partial charge on any atom is -0.382 e. The molecule has 5 heteroatoms. The van der Waals surface area contributed by atoms with Crippen LogP contribution in [0.3, 0.4) is 0 Å². The van der Waals surface area contributed by atoms with Crippen LogP contribution < -0.4 is 0 Å². The van der Waals surface area contributed by atoms with Gasteiger partial charge in [0.05, 0.1) is 52.9 Å². The van der Waals surface area contributed by atoms with Crippen LogP contribution >= 0.6 is 0 Å². The second kappa shape index (κ2) is 14.6. The third-order valence-electron chi connectivity index (χ3n) is 5.26. The summed E-state index contributed by atoms with van der Waals surface area (Å²) in [5, 5.41) is 0. The van der Waals surface area contributed by atoms with Crippen molar-refractivity contribution < 1.29 is 23.7 Å². The lowest BCUT2D eigenvalue weighted by molar-refractivity contribution is -0.0378. The Hall–Kier alpha value is -2.54. The van der Waals surface area contributed by atoms with Gasteiger partial charge >= 0.3 is 0 Å². The molecule has 176 valence electrons. The largest absolute Gasteiger partial charge is 0.382 e. The molecular weight excluding hydrogens is 416 g/mol. The fourth-order valence-electron chi connectivity index (χ4n) is 3.71. The Morgan fingerprint density at radius 3 is 1.15 bits per heavy atom. The van der Waals surface area contributed by atoms with Crippen molar-refractivity contribution in [3.8, 4) is 0 Å². The van der Waals surface area contributed by atoms with Gasteiger partial charge in [0.2, 0.25) is 0 Å². The van der Waals surface area contributed by atoms with Gasteiger partial charge in [0.15, 0.2) is 0 Å². The van der Waals surface area contributed by atoms with E-state index >= 15 is 0 Å². The number of hydrogen-bond donors (Lipinski definition) is 0. The Morgan fingerprint density at radius 2 is 0.788 bits per heavy atom. The number of benzene rings is 3. The van der Waals surface area contributed by atoms with Gasteiger partial charge in [-0.15, -0.1) is 0 Å². The standard InChI is InChI=1S/C28H34O5/c1-29-17-18-30-19-20-31-21-22-32-23-24-33-28(25-11-5-2-6-12-25,26-13-7-3-8-14-26)27-15-9-4-10-16-27/h2-16H,17-24H2,1H3. The molecule has 0 aromatic heterocycles. The highest BCUT2D eigenvalue weighted by molar-refractivity contribution is 5.47. The zero-order valence-corrected chi connectivity index (χ0v) is 19.4. The summed E-state index contributed by atoms with van der Waals surface area (Å²) in [6, 6.07) is 31.0. The van der Waals surface area contributed by atoms with Crippen molar-refractivity contribution in [1.29, 1.82) is 0 Å². The molecule has 0 saturated heterocycles. The molecule has 0 N–H and O–H groups in total. The fourth-order valence-corrected chi connectivity index (χ4v) is 3.71. The van der Waals surface area contributed by atoms with E-state index in [1.807, 2.05) is 54.6 Å². The third kappa shape index (κ3) is 7.49. The molecule has 3 rings (SSSR count). The predicted octanol–water partition coefficient (Wildman–Crippen LogP) is 4.69. The lowest BCUT2D eigenvalue weighted by atomic mass is 9.80. The molecule has 0 aliphatic heterocycles.